The zero-order chi connectivity index (χ0) is 9.42. The second-order valence-corrected chi connectivity index (χ2v) is 2.82. The van der Waals surface area contributed by atoms with Crippen LogP contribution in [-0.4, -0.2) is 38.7 Å². The Bertz CT molecular complexity index is 346. The van der Waals surface area contributed by atoms with Gasteiger partial charge in [-0.15, -0.1) is 0 Å². The molecule has 0 fully saturated rings. The summed E-state index contributed by atoms with van der Waals surface area (Å²) in [5.74, 6) is -0.706. The minimum Gasteiger partial charge on any atom is -0.476 e. The average molecular weight is 184 g/mol. The predicted molar refractivity (Wildman–Crippen MR) is 40.7 cm³/mol. The molecule has 6 heteroatoms. The molecule has 0 saturated heterocycles. The first-order valence-electron chi connectivity index (χ1n) is 3.79. The van der Waals surface area contributed by atoms with Crippen LogP contribution in [0.3, 0.4) is 0 Å². The van der Waals surface area contributed by atoms with Crippen LogP contribution in [-0.2, 0) is 6.54 Å². The van der Waals surface area contributed by atoms with Gasteiger partial charge >= 0.3 is 5.97 Å². The van der Waals surface area contributed by atoms with E-state index in [4.69, 9.17) is 9.84 Å². The van der Waals surface area contributed by atoms with Gasteiger partial charge in [0.2, 0.25) is 5.88 Å². The lowest BCUT2D eigenvalue weighted by atomic mass is 10.3. The average Bonchev–Trinajstić information content (AvgIpc) is 2.46. The van der Waals surface area contributed by atoms with Crippen molar-refractivity contribution in [1.82, 2.24) is 9.78 Å². The Morgan fingerprint density at radius 2 is 2.54 bits per heavy atom. The van der Waals surface area contributed by atoms with E-state index < -0.39 is 12.1 Å². The predicted octanol–water partition coefficient (Wildman–Crippen LogP) is -0.665. The van der Waals surface area contributed by atoms with Crippen molar-refractivity contribution in [3.63, 3.8) is 0 Å². The highest BCUT2D eigenvalue weighted by molar-refractivity contribution is 5.85. The van der Waals surface area contributed by atoms with Crippen molar-refractivity contribution in [2.24, 2.45) is 0 Å². The van der Waals surface area contributed by atoms with Gasteiger partial charge in [0.25, 0.3) is 0 Å². The van der Waals surface area contributed by atoms with Gasteiger partial charge in [0, 0.05) is 6.07 Å². The third kappa shape index (κ3) is 1.35. The third-order valence-corrected chi connectivity index (χ3v) is 1.77. The Kier molecular flexibility index (Phi) is 1.70. The van der Waals surface area contributed by atoms with E-state index >= 15 is 0 Å². The van der Waals surface area contributed by atoms with E-state index in [1.165, 1.54) is 10.7 Å². The topological polar surface area (TPSA) is 84.6 Å². The molecule has 0 radical (unpaired) electrons. The van der Waals surface area contributed by atoms with Crippen LogP contribution in [0, 0.1) is 0 Å². The first-order valence-corrected chi connectivity index (χ1v) is 3.79. The highest BCUT2D eigenvalue weighted by atomic mass is 16.5. The largest absolute Gasteiger partial charge is 0.476 e. The fourth-order valence-electron chi connectivity index (χ4n) is 1.19. The first kappa shape index (κ1) is 8.06. The Labute approximate surface area is 73.4 Å². The van der Waals surface area contributed by atoms with Crippen LogP contribution in [0.1, 0.15) is 10.5 Å². The summed E-state index contributed by atoms with van der Waals surface area (Å²) in [7, 11) is 0. The van der Waals surface area contributed by atoms with E-state index in [1.807, 2.05) is 0 Å². The maximum absolute atomic E-state index is 10.5. The number of fused-ring (bicyclic) bond motifs is 1. The van der Waals surface area contributed by atoms with Crippen molar-refractivity contribution >= 4 is 5.97 Å². The van der Waals surface area contributed by atoms with E-state index in [1.54, 1.807) is 0 Å². The molecule has 0 saturated carbocycles. The number of aromatic carboxylic acids is 1. The molecular weight excluding hydrogens is 176 g/mol. The summed E-state index contributed by atoms with van der Waals surface area (Å²) in [6.07, 6.45) is -0.617. The monoisotopic (exact) mass is 184 g/mol. The van der Waals surface area contributed by atoms with E-state index in [0.717, 1.165) is 0 Å². The highest BCUT2D eigenvalue weighted by Crippen LogP contribution is 2.18. The van der Waals surface area contributed by atoms with Crippen LogP contribution < -0.4 is 4.74 Å². The molecule has 2 N–H and O–H groups in total. The number of aromatic nitrogens is 2. The molecule has 2 heterocycles. The van der Waals surface area contributed by atoms with E-state index in [-0.39, 0.29) is 18.8 Å². The minimum atomic E-state index is -1.10. The molecule has 0 bridgehead atoms. The molecule has 0 amide bonds. The summed E-state index contributed by atoms with van der Waals surface area (Å²) in [6, 6.07) is 1.34. The molecule has 0 spiro atoms. The summed E-state index contributed by atoms with van der Waals surface area (Å²) in [5, 5.41) is 21.5. The van der Waals surface area contributed by atoms with Crippen LogP contribution in [0.2, 0.25) is 0 Å². The number of rotatable bonds is 1. The molecule has 1 aliphatic rings. The number of aliphatic hydroxyl groups is 1. The zero-order valence-electron chi connectivity index (χ0n) is 6.67. The molecule has 1 aromatic rings. The lowest BCUT2D eigenvalue weighted by Gasteiger charge is -2.19. The van der Waals surface area contributed by atoms with Gasteiger partial charge in [-0.05, 0) is 0 Å². The highest BCUT2D eigenvalue weighted by Gasteiger charge is 2.21. The van der Waals surface area contributed by atoms with Crippen LogP contribution in [0.25, 0.3) is 0 Å². The van der Waals surface area contributed by atoms with Gasteiger partial charge in [0.15, 0.2) is 5.69 Å². The molecule has 1 aromatic heterocycles. The quantitative estimate of drug-likeness (QED) is 0.605. The molecule has 1 unspecified atom stereocenters. The van der Waals surface area contributed by atoms with Gasteiger partial charge in [-0.3, -0.25) is 0 Å². The second-order valence-electron chi connectivity index (χ2n) is 2.82. The normalized spacial score (nSPS) is 20.5. The van der Waals surface area contributed by atoms with Crippen LogP contribution >= 0.6 is 0 Å². The van der Waals surface area contributed by atoms with Crippen molar-refractivity contribution < 1.29 is 19.7 Å². The number of carboxylic acid groups (broad SMARTS) is 1. The van der Waals surface area contributed by atoms with Crippen LogP contribution in [0.4, 0.5) is 0 Å². The lowest BCUT2D eigenvalue weighted by molar-refractivity contribution is 0.0552. The van der Waals surface area contributed by atoms with Gasteiger partial charge in [-0.25, -0.2) is 9.48 Å². The molecule has 0 aromatic carbocycles. The van der Waals surface area contributed by atoms with Crippen molar-refractivity contribution in [2.75, 3.05) is 6.61 Å². The fourth-order valence-corrected chi connectivity index (χ4v) is 1.19. The number of carbonyl (C=O) groups is 1. The van der Waals surface area contributed by atoms with Crippen LogP contribution in [0.5, 0.6) is 5.88 Å². The third-order valence-electron chi connectivity index (χ3n) is 1.77. The molecule has 1 atom stereocenters. The molecule has 13 heavy (non-hydrogen) atoms. The smallest absolute Gasteiger partial charge is 0.356 e. The van der Waals surface area contributed by atoms with Crippen molar-refractivity contribution in [3.05, 3.63) is 11.8 Å². The van der Waals surface area contributed by atoms with Gasteiger partial charge in [-0.1, -0.05) is 0 Å². The van der Waals surface area contributed by atoms with Crippen molar-refractivity contribution in [1.29, 1.82) is 0 Å². The maximum Gasteiger partial charge on any atom is 0.356 e. The van der Waals surface area contributed by atoms with E-state index in [2.05, 4.69) is 5.10 Å². The van der Waals surface area contributed by atoms with E-state index in [9.17, 15) is 9.90 Å². The molecule has 1 aliphatic heterocycles. The first-order chi connectivity index (χ1) is 6.16. The number of hydrogen-bond donors (Lipinski definition) is 2. The maximum atomic E-state index is 10.5. The van der Waals surface area contributed by atoms with Gasteiger partial charge < -0.3 is 14.9 Å². The zero-order valence-corrected chi connectivity index (χ0v) is 6.67. The van der Waals surface area contributed by atoms with Crippen molar-refractivity contribution in [2.45, 2.75) is 12.6 Å². The van der Waals surface area contributed by atoms with Crippen LogP contribution in [0.15, 0.2) is 6.07 Å². The number of nitrogens with zero attached hydrogens (tertiary/aromatic N) is 2. The molecule has 0 aliphatic carbocycles. The Balaban J connectivity index is 2.33. The number of carboxylic acids is 1. The number of ether oxygens (including phenoxy) is 1. The number of hydrogen-bond acceptors (Lipinski definition) is 4. The van der Waals surface area contributed by atoms with Gasteiger partial charge in [0.1, 0.15) is 12.7 Å². The van der Waals surface area contributed by atoms with Gasteiger partial charge in [-0.2, -0.15) is 5.10 Å². The summed E-state index contributed by atoms with van der Waals surface area (Å²) in [5.41, 5.74) is -0.0656. The Morgan fingerprint density at radius 3 is 3.23 bits per heavy atom. The molecule has 6 nitrogen and oxygen atoms in total. The molecule has 70 valence electrons. The summed E-state index contributed by atoms with van der Waals surface area (Å²) in [4.78, 5) is 10.5. The number of aliphatic hydroxyl groups excluding tert-OH is 1. The lowest BCUT2D eigenvalue weighted by Crippen LogP contribution is -2.29. The standard InChI is InChI=1S/C7H8N2O4/c10-4-2-9-6(13-3-4)1-5(8-9)7(11)12/h1,4,10H,2-3H2,(H,11,12). The summed E-state index contributed by atoms with van der Waals surface area (Å²) in [6.45, 7) is 0.466. The molecule has 2 rings (SSSR count). The second kappa shape index (κ2) is 2.74. The molecular formula is C7H8N2O4. The van der Waals surface area contributed by atoms with Crippen molar-refractivity contribution in [3.8, 4) is 5.88 Å². The Hall–Kier alpha value is -1.56. The summed E-state index contributed by atoms with van der Waals surface area (Å²) >= 11 is 0. The Morgan fingerprint density at radius 1 is 1.77 bits per heavy atom. The van der Waals surface area contributed by atoms with Gasteiger partial charge in [0.05, 0.1) is 6.54 Å². The van der Waals surface area contributed by atoms with E-state index in [0.29, 0.717) is 5.88 Å². The fraction of sp³-hybridized carbons (Fsp3) is 0.429. The SMILES string of the molecule is O=C(O)c1cc2n(n1)CC(O)CO2. The summed E-state index contributed by atoms with van der Waals surface area (Å²) < 4.78 is 6.40. The minimum absolute atomic E-state index is 0.0656.